The van der Waals surface area contributed by atoms with E-state index >= 15 is 0 Å². The highest BCUT2D eigenvalue weighted by Crippen LogP contribution is 2.45. The number of piperidine rings is 2. The summed E-state index contributed by atoms with van der Waals surface area (Å²) in [7, 11) is 0. The number of aromatic amines is 2. The molecule has 12 rings (SSSR count). The number of pyridine rings is 4. The lowest BCUT2D eigenvalue weighted by Gasteiger charge is -2.33. The van der Waals surface area contributed by atoms with Crippen molar-refractivity contribution in [2.75, 3.05) is 26.2 Å². The Bertz CT molecular complexity index is 3390. The first-order chi connectivity index (χ1) is 37.8. The number of hydrogen-bond donors (Lipinski definition) is 4. The number of carbonyl (C=O) groups is 2. The van der Waals surface area contributed by atoms with Gasteiger partial charge in [0.05, 0.1) is 22.4 Å². The van der Waals surface area contributed by atoms with Crippen molar-refractivity contribution < 1.29 is 36.6 Å². The molecule has 6 N–H and O–H groups in total. The van der Waals surface area contributed by atoms with Gasteiger partial charge in [-0.1, -0.05) is 36.4 Å². The number of nitrogens with one attached hydrogen (secondary N) is 2. The van der Waals surface area contributed by atoms with Crippen molar-refractivity contribution in [2.24, 2.45) is 11.5 Å². The molecule has 78 heavy (non-hydrogen) atoms. The number of aromatic nitrogens is 8. The van der Waals surface area contributed by atoms with Crippen LogP contribution in [0.3, 0.4) is 0 Å². The second-order valence-electron chi connectivity index (χ2n) is 20.2. The summed E-state index contributed by atoms with van der Waals surface area (Å²) in [5.74, 6) is -4.68. The van der Waals surface area contributed by atoms with Crippen LogP contribution in [0.5, 0.6) is 0 Å². The number of nitrogens with zero attached hydrogens (tertiary/aromatic N) is 8. The van der Waals surface area contributed by atoms with Crippen molar-refractivity contribution in [3.8, 4) is 0 Å². The van der Waals surface area contributed by atoms with E-state index in [2.05, 4.69) is 29.9 Å². The fourth-order valence-electron chi connectivity index (χ4n) is 11.9. The highest BCUT2D eigenvalue weighted by Gasteiger charge is 2.39. The molecule has 0 bridgehead atoms. The summed E-state index contributed by atoms with van der Waals surface area (Å²) in [4.78, 5) is 77.8. The van der Waals surface area contributed by atoms with Crippen LogP contribution in [0.2, 0.25) is 0 Å². The third-order valence-electron chi connectivity index (χ3n) is 15.8. The average molecular weight is 1070 g/mol. The fraction of sp³-hybridized carbons (Fsp3) is 0.357. The monoisotopic (exact) mass is 1070 g/mol. The number of hydrogen-bond acceptors (Lipinski definition) is 12. The van der Waals surface area contributed by atoms with Crippen molar-refractivity contribution in [3.63, 3.8) is 0 Å². The van der Waals surface area contributed by atoms with Crippen molar-refractivity contribution in [1.82, 2.24) is 48.8 Å². The standard InChI is InChI=1S/2C28H28F2N6O3/c2*29-20-6-1-4-17(23(20)30)18-8-9-22(25-19(24(18)31)5-2-12-32-25)39-28(38)35-14-10-16(11-15-35)36-21-7-3-13-33-26(21)34-27(36)37/h2*1-7,12-13,16,18,22,24H,8-11,14-15,31H2,(H,33,34,37)/t2*18-,22+,24-/m00/s1. The fourth-order valence-corrected chi connectivity index (χ4v) is 11.9. The smallest absolute Gasteiger partial charge is 0.410 e. The number of amides is 2. The lowest BCUT2D eigenvalue weighted by atomic mass is 9.86. The van der Waals surface area contributed by atoms with Crippen LogP contribution < -0.4 is 22.8 Å². The van der Waals surface area contributed by atoms with Gasteiger partial charge in [-0.2, -0.15) is 0 Å². The van der Waals surface area contributed by atoms with Crippen molar-refractivity contribution >= 4 is 34.5 Å². The highest BCUT2D eigenvalue weighted by atomic mass is 19.2. The maximum Gasteiger partial charge on any atom is 0.410 e. The van der Waals surface area contributed by atoms with Gasteiger partial charge in [0.15, 0.2) is 34.6 Å². The molecule has 0 radical (unpaired) electrons. The van der Waals surface area contributed by atoms with E-state index in [1.165, 1.54) is 12.1 Å². The van der Waals surface area contributed by atoms with Crippen LogP contribution in [-0.2, 0) is 9.47 Å². The van der Waals surface area contributed by atoms with Gasteiger partial charge in [0.2, 0.25) is 0 Å². The van der Waals surface area contributed by atoms with E-state index in [-0.39, 0.29) is 34.6 Å². The molecule has 18 nitrogen and oxygen atoms in total. The SMILES string of the molecule is N[C@@H]1c2cccnc2[C@H](OC(=O)N2CCC(n3c(=O)[nH]c4ncccc43)CC2)CC[C@H]1c1cccc(F)c1F.N[C@@H]1c2cccnc2[C@H](OC(=O)N2CCC(n3c(=O)[nH]c4ncccc43)CC2)CC[C@H]1c1cccc(F)c1F. The molecule has 4 aliphatic rings. The van der Waals surface area contributed by atoms with Gasteiger partial charge in [-0.25, -0.2) is 46.7 Å². The first kappa shape index (κ1) is 51.8. The van der Waals surface area contributed by atoms with Gasteiger partial charge in [-0.15, -0.1) is 0 Å². The Morgan fingerprint density at radius 2 is 0.859 bits per heavy atom. The van der Waals surface area contributed by atoms with Gasteiger partial charge in [0, 0.05) is 87.0 Å². The van der Waals surface area contributed by atoms with Crippen molar-refractivity contribution in [2.45, 2.75) is 99.6 Å². The number of likely N-dealkylation sites (tertiary alicyclic amines) is 2. The zero-order valence-electron chi connectivity index (χ0n) is 42.2. The molecule has 2 aliphatic carbocycles. The molecule has 2 aromatic carbocycles. The lowest BCUT2D eigenvalue weighted by molar-refractivity contribution is 0.0466. The minimum absolute atomic E-state index is 0.0697. The largest absolute Gasteiger partial charge is 0.440 e. The van der Waals surface area contributed by atoms with E-state index in [0.29, 0.717) is 111 Å². The Morgan fingerprint density at radius 1 is 0.487 bits per heavy atom. The molecule has 6 aromatic heterocycles. The van der Waals surface area contributed by atoms with E-state index < -0.39 is 71.6 Å². The van der Waals surface area contributed by atoms with E-state index in [1.54, 1.807) is 92.3 Å². The summed E-state index contributed by atoms with van der Waals surface area (Å²) in [6.45, 7) is 1.67. The van der Waals surface area contributed by atoms with E-state index in [1.807, 2.05) is 12.1 Å². The molecular weight excluding hydrogens is 1010 g/mol. The number of nitrogens with two attached hydrogens (primary N) is 2. The molecule has 0 spiro atoms. The minimum atomic E-state index is -0.923. The molecule has 2 fully saturated rings. The predicted octanol–water partition coefficient (Wildman–Crippen LogP) is 8.98. The third-order valence-corrected chi connectivity index (χ3v) is 15.8. The zero-order valence-corrected chi connectivity index (χ0v) is 42.2. The van der Waals surface area contributed by atoms with Gasteiger partial charge in [0.25, 0.3) is 0 Å². The van der Waals surface area contributed by atoms with Crippen LogP contribution in [0.15, 0.2) is 119 Å². The average Bonchev–Trinajstić information content (AvgIpc) is 4.02. The molecule has 2 aliphatic heterocycles. The summed E-state index contributed by atoms with van der Waals surface area (Å²) in [5, 5.41) is 0. The number of ether oxygens (including phenoxy) is 2. The van der Waals surface area contributed by atoms with Crippen molar-refractivity contribution in [3.05, 3.63) is 188 Å². The summed E-state index contributed by atoms with van der Waals surface area (Å²) in [5.41, 5.74) is 18.0. The van der Waals surface area contributed by atoms with Crippen molar-refractivity contribution in [1.29, 1.82) is 0 Å². The van der Waals surface area contributed by atoms with E-state index in [9.17, 15) is 36.7 Å². The van der Waals surface area contributed by atoms with Crippen LogP contribution >= 0.6 is 0 Å². The Morgan fingerprint density at radius 3 is 1.27 bits per heavy atom. The molecule has 8 aromatic rings. The van der Waals surface area contributed by atoms with Gasteiger partial charge in [-0.05, 0) is 122 Å². The van der Waals surface area contributed by atoms with Crippen LogP contribution in [0, 0.1) is 23.3 Å². The summed E-state index contributed by atoms with van der Waals surface area (Å²) in [6, 6.07) is 21.1. The second-order valence-corrected chi connectivity index (χ2v) is 20.2. The summed E-state index contributed by atoms with van der Waals surface area (Å²) >= 11 is 0. The first-order valence-electron chi connectivity index (χ1n) is 26.1. The van der Waals surface area contributed by atoms with Gasteiger partial charge < -0.3 is 30.7 Å². The number of imidazole rings is 2. The Hall–Kier alpha value is -8.24. The number of benzene rings is 2. The van der Waals surface area contributed by atoms with Gasteiger partial charge in [-0.3, -0.25) is 29.1 Å². The molecule has 8 heterocycles. The maximum atomic E-state index is 14.7. The number of rotatable bonds is 6. The Balaban J connectivity index is 0.000000165. The highest BCUT2D eigenvalue weighted by molar-refractivity contribution is 5.72. The van der Waals surface area contributed by atoms with Crippen LogP contribution in [0.25, 0.3) is 22.3 Å². The molecule has 2 amide bonds. The first-order valence-corrected chi connectivity index (χ1v) is 26.1. The number of H-pyrrole nitrogens is 2. The molecular formula is C56H56F4N12O6. The summed E-state index contributed by atoms with van der Waals surface area (Å²) < 4.78 is 72.7. The number of carbonyl (C=O) groups excluding carboxylic acids is 2. The van der Waals surface area contributed by atoms with E-state index in [0.717, 1.165) is 23.2 Å². The van der Waals surface area contributed by atoms with Crippen LogP contribution in [-0.4, -0.2) is 87.2 Å². The molecule has 404 valence electrons. The Kier molecular flexibility index (Phi) is 14.6. The van der Waals surface area contributed by atoms with Gasteiger partial charge >= 0.3 is 23.6 Å². The molecule has 22 heteroatoms. The lowest BCUT2D eigenvalue weighted by Crippen LogP contribution is -2.41. The molecule has 0 saturated carbocycles. The quantitative estimate of drug-likeness (QED) is 0.0902. The van der Waals surface area contributed by atoms with Crippen LogP contribution in [0.1, 0.15) is 133 Å². The molecule has 0 unspecified atom stereocenters. The Labute approximate surface area is 443 Å². The molecule has 2 saturated heterocycles. The third kappa shape index (κ3) is 10.0. The second kappa shape index (κ2) is 22.0. The number of fused-ring (bicyclic) bond motifs is 4. The zero-order chi connectivity index (χ0) is 54.2. The van der Waals surface area contributed by atoms with Crippen LogP contribution in [0.4, 0.5) is 27.2 Å². The normalized spacial score (nSPS) is 21.9. The minimum Gasteiger partial charge on any atom is -0.440 e. The maximum absolute atomic E-state index is 14.7. The predicted molar refractivity (Wildman–Crippen MR) is 278 cm³/mol. The summed E-state index contributed by atoms with van der Waals surface area (Å²) in [6.07, 6.45) is 7.98. The molecule has 6 atom stereocenters. The topological polar surface area (TPSA) is 238 Å². The van der Waals surface area contributed by atoms with Gasteiger partial charge in [0.1, 0.15) is 12.2 Å². The van der Waals surface area contributed by atoms with E-state index in [4.69, 9.17) is 20.9 Å². The number of halogens is 4.